The molecule has 120 valence electrons. The molecule has 7 heteroatoms. The molecule has 0 saturated heterocycles. The van der Waals surface area contributed by atoms with Crippen LogP contribution in [0.5, 0.6) is 17.2 Å². The molecule has 2 aromatic carbocycles. The Morgan fingerprint density at radius 1 is 1.26 bits per heavy atom. The number of esters is 1. The first-order chi connectivity index (χ1) is 11.0. The molecule has 0 spiro atoms. The SMILES string of the molecule is COc1cccc(C=O)c1OC(=O)COc1ccc(Br)cc1Cl. The number of carbonyl (C=O) groups excluding carboxylic acids is 2. The molecule has 2 aromatic rings. The van der Waals surface area contributed by atoms with Crippen LogP contribution in [0.15, 0.2) is 40.9 Å². The van der Waals surface area contributed by atoms with Crippen LogP contribution < -0.4 is 14.2 Å². The highest BCUT2D eigenvalue weighted by molar-refractivity contribution is 9.10. The van der Waals surface area contributed by atoms with Gasteiger partial charge in [0.15, 0.2) is 24.4 Å². The van der Waals surface area contributed by atoms with Crippen LogP contribution in [0.4, 0.5) is 0 Å². The lowest BCUT2D eigenvalue weighted by Crippen LogP contribution is -2.19. The molecule has 0 radical (unpaired) electrons. The van der Waals surface area contributed by atoms with Crippen LogP contribution in [0.2, 0.25) is 5.02 Å². The summed E-state index contributed by atoms with van der Waals surface area (Å²) < 4.78 is 16.4. The van der Waals surface area contributed by atoms with Crippen molar-refractivity contribution in [3.05, 3.63) is 51.5 Å². The summed E-state index contributed by atoms with van der Waals surface area (Å²) in [6.45, 7) is -0.363. The number of ether oxygens (including phenoxy) is 3. The highest BCUT2D eigenvalue weighted by Crippen LogP contribution is 2.31. The minimum Gasteiger partial charge on any atom is -0.493 e. The van der Waals surface area contributed by atoms with Gasteiger partial charge in [0.05, 0.1) is 17.7 Å². The van der Waals surface area contributed by atoms with Crippen molar-refractivity contribution in [2.45, 2.75) is 0 Å². The molecule has 0 aliphatic heterocycles. The largest absolute Gasteiger partial charge is 0.493 e. The van der Waals surface area contributed by atoms with Crippen LogP contribution in [0.3, 0.4) is 0 Å². The first-order valence-electron chi connectivity index (χ1n) is 6.46. The summed E-state index contributed by atoms with van der Waals surface area (Å²) in [5.74, 6) is 0.00386. The molecule has 23 heavy (non-hydrogen) atoms. The summed E-state index contributed by atoms with van der Waals surface area (Å²) in [4.78, 5) is 23.0. The predicted molar refractivity (Wildman–Crippen MR) is 88.7 cm³/mol. The Hall–Kier alpha value is -2.05. The Labute approximate surface area is 146 Å². The van der Waals surface area contributed by atoms with Gasteiger partial charge in [-0.05, 0) is 30.3 Å². The van der Waals surface area contributed by atoms with Crippen LogP contribution in [0.25, 0.3) is 0 Å². The summed E-state index contributed by atoms with van der Waals surface area (Å²) >= 11 is 9.27. The second-order valence-electron chi connectivity index (χ2n) is 4.33. The molecule has 0 fully saturated rings. The third kappa shape index (κ3) is 4.46. The zero-order chi connectivity index (χ0) is 16.8. The molecular weight excluding hydrogens is 388 g/mol. The normalized spacial score (nSPS) is 10.0. The number of para-hydroxylation sites is 1. The molecule has 0 aromatic heterocycles. The molecule has 0 unspecified atom stereocenters. The van der Waals surface area contributed by atoms with Gasteiger partial charge in [0, 0.05) is 4.47 Å². The molecule has 5 nitrogen and oxygen atoms in total. The van der Waals surface area contributed by atoms with Gasteiger partial charge < -0.3 is 14.2 Å². The third-order valence-electron chi connectivity index (χ3n) is 2.81. The Kier molecular flexibility index (Phi) is 6.01. The highest BCUT2D eigenvalue weighted by atomic mass is 79.9. The van der Waals surface area contributed by atoms with E-state index in [1.54, 1.807) is 30.3 Å². The number of hydrogen-bond acceptors (Lipinski definition) is 5. The molecular formula is C16H12BrClO5. The smallest absolute Gasteiger partial charge is 0.349 e. The standard InChI is InChI=1S/C16H12BrClO5/c1-21-14-4-2-3-10(8-19)16(14)23-15(20)9-22-13-6-5-11(17)7-12(13)18/h2-8H,9H2,1H3. The summed E-state index contributed by atoms with van der Waals surface area (Å²) in [6, 6.07) is 9.73. The fourth-order valence-electron chi connectivity index (χ4n) is 1.77. The number of aldehydes is 1. The van der Waals surface area contributed by atoms with Crippen molar-refractivity contribution >= 4 is 39.8 Å². The molecule has 0 bridgehead atoms. The second-order valence-corrected chi connectivity index (χ2v) is 5.66. The van der Waals surface area contributed by atoms with Crippen LogP contribution in [0.1, 0.15) is 10.4 Å². The molecule has 0 atom stereocenters. The maximum atomic E-state index is 11.9. The lowest BCUT2D eigenvalue weighted by atomic mass is 10.2. The van der Waals surface area contributed by atoms with Gasteiger partial charge in [0.2, 0.25) is 0 Å². The van der Waals surface area contributed by atoms with Gasteiger partial charge in [-0.2, -0.15) is 0 Å². The van der Waals surface area contributed by atoms with Crippen LogP contribution in [0, 0.1) is 0 Å². The number of rotatable bonds is 6. The van der Waals surface area contributed by atoms with Crippen molar-refractivity contribution in [3.63, 3.8) is 0 Å². The van der Waals surface area contributed by atoms with Crippen LogP contribution in [-0.4, -0.2) is 26.0 Å². The average molecular weight is 400 g/mol. The topological polar surface area (TPSA) is 61.8 Å². The quantitative estimate of drug-likeness (QED) is 0.419. The maximum absolute atomic E-state index is 11.9. The first kappa shape index (κ1) is 17.3. The van der Waals surface area contributed by atoms with Crippen molar-refractivity contribution < 1.29 is 23.8 Å². The Bertz CT molecular complexity index is 732. The Balaban J connectivity index is 2.07. The zero-order valence-corrected chi connectivity index (χ0v) is 14.4. The molecule has 0 heterocycles. The van der Waals surface area contributed by atoms with Gasteiger partial charge in [0.1, 0.15) is 5.75 Å². The number of halogens is 2. The monoisotopic (exact) mass is 398 g/mol. The molecule has 0 N–H and O–H groups in total. The molecule has 0 aliphatic rings. The van der Waals surface area contributed by atoms with E-state index in [9.17, 15) is 9.59 Å². The minimum absolute atomic E-state index is 0.0560. The lowest BCUT2D eigenvalue weighted by Gasteiger charge is -2.12. The van der Waals surface area contributed by atoms with Crippen molar-refractivity contribution in [1.82, 2.24) is 0 Å². The van der Waals surface area contributed by atoms with Gasteiger partial charge in [-0.15, -0.1) is 0 Å². The summed E-state index contributed by atoms with van der Waals surface area (Å²) in [5, 5.41) is 0.359. The van der Waals surface area contributed by atoms with Crippen molar-refractivity contribution in [2.75, 3.05) is 13.7 Å². The van der Waals surface area contributed by atoms with E-state index >= 15 is 0 Å². The number of carbonyl (C=O) groups is 2. The van der Waals surface area contributed by atoms with E-state index in [2.05, 4.69) is 15.9 Å². The van der Waals surface area contributed by atoms with E-state index in [0.29, 0.717) is 17.1 Å². The van der Waals surface area contributed by atoms with Gasteiger partial charge in [-0.3, -0.25) is 4.79 Å². The zero-order valence-electron chi connectivity index (χ0n) is 12.0. The predicted octanol–water partition coefficient (Wildman–Crippen LogP) is 3.91. The van der Waals surface area contributed by atoms with E-state index in [0.717, 1.165) is 4.47 Å². The molecule has 2 rings (SSSR count). The van der Waals surface area contributed by atoms with Crippen molar-refractivity contribution in [3.8, 4) is 17.2 Å². The maximum Gasteiger partial charge on any atom is 0.349 e. The molecule has 0 saturated carbocycles. The van der Waals surface area contributed by atoms with E-state index in [1.807, 2.05) is 0 Å². The molecule has 0 amide bonds. The van der Waals surface area contributed by atoms with Crippen LogP contribution >= 0.6 is 27.5 Å². The van der Waals surface area contributed by atoms with Gasteiger partial charge in [-0.25, -0.2) is 4.79 Å². The number of benzene rings is 2. The number of hydrogen-bond donors (Lipinski definition) is 0. The number of methoxy groups -OCH3 is 1. The first-order valence-corrected chi connectivity index (χ1v) is 7.63. The van der Waals surface area contributed by atoms with Gasteiger partial charge in [0.25, 0.3) is 0 Å². The van der Waals surface area contributed by atoms with Crippen molar-refractivity contribution in [2.24, 2.45) is 0 Å². The average Bonchev–Trinajstić information content (AvgIpc) is 2.54. The fourth-order valence-corrected chi connectivity index (χ4v) is 2.50. The third-order valence-corrected chi connectivity index (χ3v) is 3.60. The summed E-state index contributed by atoms with van der Waals surface area (Å²) in [7, 11) is 1.42. The Morgan fingerprint density at radius 3 is 2.70 bits per heavy atom. The van der Waals surface area contributed by atoms with E-state index in [1.165, 1.54) is 13.2 Å². The summed E-state index contributed by atoms with van der Waals surface area (Å²) in [5.41, 5.74) is 0.208. The highest BCUT2D eigenvalue weighted by Gasteiger charge is 2.15. The van der Waals surface area contributed by atoms with E-state index < -0.39 is 5.97 Å². The Morgan fingerprint density at radius 2 is 2.04 bits per heavy atom. The van der Waals surface area contributed by atoms with E-state index in [-0.39, 0.29) is 23.7 Å². The lowest BCUT2D eigenvalue weighted by molar-refractivity contribution is -0.136. The second kappa shape index (κ2) is 7.99. The van der Waals surface area contributed by atoms with Crippen molar-refractivity contribution in [1.29, 1.82) is 0 Å². The molecule has 0 aliphatic carbocycles. The summed E-state index contributed by atoms with van der Waals surface area (Å²) in [6.07, 6.45) is 0.581. The van der Waals surface area contributed by atoms with Crippen LogP contribution in [-0.2, 0) is 4.79 Å². The van der Waals surface area contributed by atoms with Gasteiger partial charge >= 0.3 is 5.97 Å². The minimum atomic E-state index is -0.684. The van der Waals surface area contributed by atoms with E-state index in [4.69, 9.17) is 25.8 Å². The fraction of sp³-hybridized carbons (Fsp3) is 0.125. The van der Waals surface area contributed by atoms with Gasteiger partial charge in [-0.1, -0.05) is 33.6 Å².